The van der Waals surface area contributed by atoms with Gasteiger partial charge in [0.25, 0.3) is 11.8 Å². The maximum Gasteiger partial charge on any atom is 0.291 e. The predicted molar refractivity (Wildman–Crippen MR) is 119 cm³/mol. The van der Waals surface area contributed by atoms with Crippen molar-refractivity contribution < 1.29 is 28.2 Å². The quantitative estimate of drug-likeness (QED) is 0.399. The third-order valence-electron chi connectivity index (χ3n) is 4.83. The second-order valence-corrected chi connectivity index (χ2v) is 6.75. The van der Waals surface area contributed by atoms with Gasteiger partial charge in [-0.15, -0.1) is 0 Å². The van der Waals surface area contributed by atoms with Gasteiger partial charge in [0, 0.05) is 22.8 Å². The minimum absolute atomic E-state index is 0.212. The zero-order valence-corrected chi connectivity index (χ0v) is 17.6. The lowest BCUT2D eigenvalue weighted by Gasteiger charge is -2.11. The van der Waals surface area contributed by atoms with Gasteiger partial charge in [-0.3, -0.25) is 9.59 Å². The molecule has 3 N–H and O–H groups in total. The van der Waals surface area contributed by atoms with E-state index in [-0.39, 0.29) is 17.6 Å². The number of hydrogen-bond acceptors (Lipinski definition) is 6. The van der Waals surface area contributed by atoms with Crippen LogP contribution < -0.4 is 24.8 Å². The van der Waals surface area contributed by atoms with E-state index in [1.165, 1.54) is 20.5 Å². The molecule has 0 spiro atoms. The summed E-state index contributed by atoms with van der Waals surface area (Å²) in [5.41, 5.74) is 2.03. The van der Waals surface area contributed by atoms with Gasteiger partial charge in [-0.05, 0) is 42.5 Å². The standard InChI is InChI=1S/C23H21N3O6/c1-29-18-12-19(30-2)21(31-3)20-15(18)11-16(26-20)22(27)24-13-6-8-14(9-7-13)25-23(28)17-5-4-10-32-17/h4-12,26H,1-3H3,(H,24,27)(H,25,28). The van der Waals surface area contributed by atoms with Crippen LogP contribution in [0.1, 0.15) is 21.0 Å². The minimum Gasteiger partial charge on any atom is -0.496 e. The van der Waals surface area contributed by atoms with E-state index in [0.717, 1.165) is 0 Å². The highest BCUT2D eigenvalue weighted by molar-refractivity contribution is 6.08. The number of anilines is 2. The van der Waals surface area contributed by atoms with E-state index < -0.39 is 0 Å². The van der Waals surface area contributed by atoms with Crippen molar-refractivity contribution in [1.29, 1.82) is 0 Å². The highest BCUT2D eigenvalue weighted by Crippen LogP contribution is 2.41. The van der Waals surface area contributed by atoms with Crippen molar-refractivity contribution in [3.05, 3.63) is 66.2 Å². The van der Waals surface area contributed by atoms with Crippen LogP contribution in [0.4, 0.5) is 11.4 Å². The fourth-order valence-corrected chi connectivity index (χ4v) is 3.29. The van der Waals surface area contributed by atoms with Crippen molar-refractivity contribution in [1.82, 2.24) is 4.98 Å². The molecule has 2 aromatic carbocycles. The van der Waals surface area contributed by atoms with Crippen molar-refractivity contribution in [2.24, 2.45) is 0 Å². The fraction of sp³-hybridized carbons (Fsp3) is 0.130. The molecule has 0 aliphatic heterocycles. The van der Waals surface area contributed by atoms with E-state index in [9.17, 15) is 9.59 Å². The van der Waals surface area contributed by atoms with Gasteiger partial charge in [0.1, 0.15) is 11.4 Å². The van der Waals surface area contributed by atoms with E-state index in [4.69, 9.17) is 18.6 Å². The smallest absolute Gasteiger partial charge is 0.291 e. The molecular weight excluding hydrogens is 414 g/mol. The molecule has 4 rings (SSSR count). The number of H-pyrrole nitrogens is 1. The molecule has 0 aliphatic rings. The molecule has 164 valence electrons. The lowest BCUT2D eigenvalue weighted by Crippen LogP contribution is -2.13. The summed E-state index contributed by atoms with van der Waals surface area (Å²) in [6.45, 7) is 0. The number of ether oxygens (including phenoxy) is 3. The largest absolute Gasteiger partial charge is 0.496 e. The number of carbonyl (C=O) groups excluding carboxylic acids is 2. The molecule has 9 heteroatoms. The summed E-state index contributed by atoms with van der Waals surface area (Å²) in [5.74, 6) is 1.00. The summed E-state index contributed by atoms with van der Waals surface area (Å²) in [6, 6.07) is 13.3. The second-order valence-electron chi connectivity index (χ2n) is 6.75. The van der Waals surface area contributed by atoms with Crippen molar-refractivity contribution >= 4 is 34.1 Å². The van der Waals surface area contributed by atoms with Gasteiger partial charge in [0.2, 0.25) is 0 Å². The number of furan rings is 1. The van der Waals surface area contributed by atoms with Crippen molar-refractivity contribution in [2.75, 3.05) is 32.0 Å². The molecular formula is C23H21N3O6. The van der Waals surface area contributed by atoms with Gasteiger partial charge in [-0.2, -0.15) is 0 Å². The molecule has 9 nitrogen and oxygen atoms in total. The second kappa shape index (κ2) is 8.76. The molecule has 0 bridgehead atoms. The summed E-state index contributed by atoms with van der Waals surface area (Å²) < 4.78 is 21.3. The van der Waals surface area contributed by atoms with E-state index in [2.05, 4.69) is 15.6 Å². The lowest BCUT2D eigenvalue weighted by atomic mass is 10.2. The van der Waals surface area contributed by atoms with Crippen LogP contribution in [0.3, 0.4) is 0 Å². The molecule has 0 fully saturated rings. The molecule has 2 amide bonds. The number of aromatic nitrogens is 1. The van der Waals surface area contributed by atoms with Crippen LogP contribution >= 0.6 is 0 Å². The Morgan fingerprint density at radius 2 is 1.50 bits per heavy atom. The Morgan fingerprint density at radius 3 is 2.06 bits per heavy atom. The van der Waals surface area contributed by atoms with Crippen LogP contribution in [0.2, 0.25) is 0 Å². The Hall–Kier alpha value is -4.40. The van der Waals surface area contributed by atoms with Gasteiger partial charge in [-0.25, -0.2) is 0 Å². The Morgan fingerprint density at radius 1 is 0.844 bits per heavy atom. The average Bonchev–Trinajstić information content (AvgIpc) is 3.49. The molecule has 2 aromatic heterocycles. The number of nitrogens with one attached hydrogen (secondary N) is 3. The van der Waals surface area contributed by atoms with Crippen LogP contribution in [0.15, 0.2) is 59.2 Å². The third kappa shape index (κ3) is 3.95. The van der Waals surface area contributed by atoms with Crippen LogP contribution in [-0.2, 0) is 0 Å². The zero-order valence-electron chi connectivity index (χ0n) is 17.6. The summed E-state index contributed by atoms with van der Waals surface area (Å²) in [6.07, 6.45) is 1.43. The molecule has 0 saturated heterocycles. The Kier molecular flexibility index (Phi) is 5.71. The van der Waals surface area contributed by atoms with Crippen LogP contribution in [0.5, 0.6) is 17.2 Å². The van der Waals surface area contributed by atoms with Gasteiger partial charge in [-0.1, -0.05) is 0 Å². The lowest BCUT2D eigenvalue weighted by molar-refractivity contribution is 0.0994. The van der Waals surface area contributed by atoms with Gasteiger partial charge in [0.15, 0.2) is 17.3 Å². The normalized spacial score (nSPS) is 10.6. The Balaban J connectivity index is 1.53. The first-order valence-electron chi connectivity index (χ1n) is 9.62. The van der Waals surface area contributed by atoms with Crippen molar-refractivity contribution in [3.63, 3.8) is 0 Å². The SMILES string of the molecule is COc1cc(OC)c2cc(C(=O)Nc3ccc(NC(=O)c4ccco4)cc3)[nH]c2c1OC. The topological polar surface area (TPSA) is 115 Å². The van der Waals surface area contributed by atoms with Crippen molar-refractivity contribution in [3.8, 4) is 17.2 Å². The number of amides is 2. The zero-order chi connectivity index (χ0) is 22.7. The van der Waals surface area contributed by atoms with Crippen molar-refractivity contribution in [2.45, 2.75) is 0 Å². The summed E-state index contributed by atoms with van der Waals surface area (Å²) >= 11 is 0. The van der Waals surface area contributed by atoms with Crippen LogP contribution in [-0.4, -0.2) is 38.1 Å². The maximum atomic E-state index is 12.8. The van der Waals surface area contributed by atoms with E-state index in [1.807, 2.05) is 0 Å². The number of fused-ring (bicyclic) bond motifs is 1. The maximum absolute atomic E-state index is 12.8. The first-order valence-corrected chi connectivity index (χ1v) is 9.62. The number of hydrogen-bond donors (Lipinski definition) is 3. The molecule has 32 heavy (non-hydrogen) atoms. The summed E-state index contributed by atoms with van der Waals surface area (Å²) in [5, 5.41) is 6.22. The molecule has 0 aliphatic carbocycles. The summed E-state index contributed by atoms with van der Waals surface area (Å²) in [4.78, 5) is 27.9. The van der Waals surface area contributed by atoms with Crippen LogP contribution in [0.25, 0.3) is 10.9 Å². The van der Waals surface area contributed by atoms with E-state index in [0.29, 0.717) is 45.2 Å². The monoisotopic (exact) mass is 435 g/mol. The molecule has 0 radical (unpaired) electrons. The van der Waals surface area contributed by atoms with Gasteiger partial charge < -0.3 is 34.2 Å². The average molecular weight is 435 g/mol. The number of methoxy groups -OCH3 is 3. The Bertz CT molecular complexity index is 1260. The third-order valence-corrected chi connectivity index (χ3v) is 4.83. The highest BCUT2D eigenvalue weighted by atomic mass is 16.5. The first kappa shape index (κ1) is 20.9. The molecule has 0 atom stereocenters. The number of carbonyl (C=O) groups is 2. The number of aromatic amines is 1. The number of benzene rings is 2. The molecule has 4 aromatic rings. The first-order chi connectivity index (χ1) is 15.5. The van der Waals surface area contributed by atoms with E-state index in [1.54, 1.807) is 55.6 Å². The van der Waals surface area contributed by atoms with Gasteiger partial charge >= 0.3 is 0 Å². The number of rotatable bonds is 7. The Labute approximate surface area is 183 Å². The fourth-order valence-electron chi connectivity index (χ4n) is 3.29. The van der Waals surface area contributed by atoms with Crippen LogP contribution in [0, 0.1) is 0 Å². The minimum atomic E-state index is -0.358. The molecule has 0 saturated carbocycles. The predicted octanol–water partition coefficient (Wildman–Crippen LogP) is 4.29. The summed E-state index contributed by atoms with van der Waals surface area (Å²) in [7, 11) is 4.59. The van der Waals surface area contributed by atoms with E-state index >= 15 is 0 Å². The molecule has 2 heterocycles. The molecule has 0 unspecified atom stereocenters. The highest BCUT2D eigenvalue weighted by Gasteiger charge is 2.19. The van der Waals surface area contributed by atoms with Gasteiger partial charge in [0.05, 0.1) is 33.1 Å².